The van der Waals surface area contributed by atoms with Gasteiger partial charge in [0.1, 0.15) is 5.82 Å². The molecule has 0 atom stereocenters. The van der Waals surface area contributed by atoms with Gasteiger partial charge in [-0.05, 0) is 47.5 Å². The van der Waals surface area contributed by atoms with Crippen LogP contribution in [0.1, 0.15) is 0 Å². The molecular weight excluding hydrogens is 713 g/mol. The van der Waals surface area contributed by atoms with Gasteiger partial charge in [0.25, 0.3) is 0 Å². The average Bonchev–Trinajstić information content (AvgIpc) is 3.94. The number of hydrogen-bond acceptors (Lipinski definition) is 3. The van der Waals surface area contributed by atoms with Crippen LogP contribution in [-0.2, 0) is 0 Å². The Hall–Kier alpha value is -7.34. The van der Waals surface area contributed by atoms with E-state index in [4.69, 9.17) is 9.97 Å². The summed E-state index contributed by atoms with van der Waals surface area (Å²) in [4.78, 5) is 10.6. The first-order valence-electron chi connectivity index (χ1n) is 19.2. The van der Waals surface area contributed by atoms with Crippen LogP contribution in [0.5, 0.6) is 0 Å². The predicted molar refractivity (Wildman–Crippen MR) is 240 cm³/mol. The number of nitrogens with zero attached hydrogens (tertiary/aromatic N) is 4. The molecule has 4 heterocycles. The molecule has 5 heteroatoms. The summed E-state index contributed by atoms with van der Waals surface area (Å²) in [5, 5.41) is 7.34. The Kier molecular flexibility index (Phi) is 7.06. The highest BCUT2D eigenvalue weighted by Crippen LogP contribution is 2.43. The lowest BCUT2D eigenvalue weighted by atomic mass is 10.0. The van der Waals surface area contributed by atoms with Crippen molar-refractivity contribution >= 4 is 75.1 Å². The molecule has 0 aliphatic rings. The highest BCUT2D eigenvalue weighted by Gasteiger charge is 2.23. The number of hydrogen-bond donors (Lipinski definition) is 0. The van der Waals surface area contributed by atoms with Crippen molar-refractivity contribution in [2.45, 2.75) is 0 Å². The van der Waals surface area contributed by atoms with Gasteiger partial charge in [-0.2, -0.15) is 0 Å². The van der Waals surface area contributed by atoms with E-state index in [1.165, 1.54) is 58.4 Å². The van der Waals surface area contributed by atoms with Crippen LogP contribution < -0.4 is 0 Å². The Morgan fingerprint density at radius 1 is 0.351 bits per heavy atom. The molecule has 0 aliphatic heterocycles. The molecule has 4 aromatic heterocycles. The largest absolute Gasteiger partial charge is 0.307 e. The van der Waals surface area contributed by atoms with E-state index >= 15 is 0 Å². The van der Waals surface area contributed by atoms with Gasteiger partial charge < -0.3 is 4.57 Å². The smallest absolute Gasteiger partial charge is 0.162 e. The quantitative estimate of drug-likeness (QED) is 0.176. The van der Waals surface area contributed by atoms with E-state index in [2.05, 4.69) is 197 Å². The molecule has 0 unspecified atom stereocenters. The first-order valence-corrected chi connectivity index (χ1v) is 20.1. The van der Waals surface area contributed by atoms with Gasteiger partial charge >= 0.3 is 0 Å². The van der Waals surface area contributed by atoms with Crippen LogP contribution in [-0.4, -0.2) is 19.1 Å². The lowest BCUT2D eigenvalue weighted by molar-refractivity contribution is 1.05. The highest BCUT2D eigenvalue weighted by atomic mass is 32.1. The van der Waals surface area contributed by atoms with E-state index in [1.54, 1.807) is 0 Å². The minimum absolute atomic E-state index is 0.684. The van der Waals surface area contributed by atoms with Crippen molar-refractivity contribution in [1.29, 1.82) is 0 Å². The molecule has 12 rings (SSSR count). The minimum atomic E-state index is 0.684. The molecule has 57 heavy (non-hydrogen) atoms. The predicted octanol–water partition coefficient (Wildman–Crippen LogP) is 14.0. The first kappa shape index (κ1) is 32.0. The van der Waals surface area contributed by atoms with E-state index in [1.807, 2.05) is 17.4 Å². The van der Waals surface area contributed by atoms with Crippen molar-refractivity contribution in [2.75, 3.05) is 0 Å². The van der Waals surface area contributed by atoms with Gasteiger partial charge in [-0.15, -0.1) is 11.3 Å². The molecule has 0 fully saturated rings. The van der Waals surface area contributed by atoms with Gasteiger partial charge in [0.15, 0.2) is 5.82 Å². The molecule has 0 aliphatic carbocycles. The zero-order valence-corrected chi connectivity index (χ0v) is 31.5. The van der Waals surface area contributed by atoms with Gasteiger partial charge in [-0.3, -0.25) is 4.57 Å². The Labute approximate surface area is 332 Å². The van der Waals surface area contributed by atoms with Crippen LogP contribution in [0.4, 0.5) is 0 Å². The summed E-state index contributed by atoms with van der Waals surface area (Å²) in [7, 11) is 0. The fourth-order valence-corrected chi connectivity index (χ4v) is 9.82. The highest BCUT2D eigenvalue weighted by molar-refractivity contribution is 7.25. The van der Waals surface area contributed by atoms with Crippen molar-refractivity contribution < 1.29 is 0 Å². The van der Waals surface area contributed by atoms with Crippen molar-refractivity contribution in [3.63, 3.8) is 0 Å². The van der Waals surface area contributed by atoms with E-state index < -0.39 is 0 Å². The lowest BCUT2D eigenvalue weighted by Gasteiger charge is -2.14. The maximum absolute atomic E-state index is 5.41. The SMILES string of the molecule is c1ccc(-c2ccc(-c3cc(-n4c5ccccc5c5ccc6c7ccccc7n(-c7ccc8sc9ccccc9c8c7)c6c54)nc(-c4ccccc4)n3)cc2)cc1. The minimum Gasteiger partial charge on any atom is -0.307 e. The third-order valence-corrected chi connectivity index (χ3v) is 12.5. The Morgan fingerprint density at radius 3 is 1.61 bits per heavy atom. The summed E-state index contributed by atoms with van der Waals surface area (Å²) in [5.41, 5.74) is 10.9. The Bertz CT molecular complexity index is 3500. The molecule has 0 radical (unpaired) electrons. The third-order valence-electron chi connectivity index (χ3n) is 11.3. The molecule has 12 aromatic rings. The standard InChI is InChI=1S/C52H32N4S/c1-3-13-33(14-4-1)34-23-25-35(26-24-34)44-32-49(54-52(53-44)36-15-5-2-6-16-36)56-46-21-11-8-18-39(46)42-29-28-41-38-17-7-10-20-45(38)55(50(41)51(42)56)37-27-30-48-43(31-37)40-19-9-12-22-47(40)57-48/h1-32H. The van der Waals surface area contributed by atoms with Crippen molar-refractivity contribution in [3.8, 4) is 45.3 Å². The van der Waals surface area contributed by atoms with Gasteiger partial charge in [0.2, 0.25) is 0 Å². The summed E-state index contributed by atoms with van der Waals surface area (Å²) < 4.78 is 7.43. The molecule has 0 amide bonds. The third kappa shape index (κ3) is 4.99. The summed E-state index contributed by atoms with van der Waals surface area (Å²) in [6, 6.07) is 69.5. The second kappa shape index (κ2) is 12.6. The van der Waals surface area contributed by atoms with Crippen LogP contribution in [0.2, 0.25) is 0 Å². The topological polar surface area (TPSA) is 35.6 Å². The molecular formula is C52H32N4S. The number of rotatable bonds is 5. The molecule has 0 N–H and O–H groups in total. The number of aromatic nitrogens is 4. The normalized spacial score (nSPS) is 11.9. The van der Waals surface area contributed by atoms with Crippen molar-refractivity contribution in [3.05, 3.63) is 194 Å². The Balaban J connectivity index is 1.18. The van der Waals surface area contributed by atoms with Gasteiger partial charge in [-0.1, -0.05) is 152 Å². The van der Waals surface area contributed by atoms with Gasteiger partial charge in [0.05, 0.1) is 27.8 Å². The molecule has 0 saturated heterocycles. The van der Waals surface area contributed by atoms with Crippen LogP contribution in [0.15, 0.2) is 194 Å². The van der Waals surface area contributed by atoms with Crippen molar-refractivity contribution in [1.82, 2.24) is 19.1 Å². The van der Waals surface area contributed by atoms with Gasteiger partial charge in [-0.25, -0.2) is 9.97 Å². The number of thiophene rings is 1. The Morgan fingerprint density at radius 2 is 0.895 bits per heavy atom. The van der Waals surface area contributed by atoms with E-state index in [0.717, 1.165) is 44.9 Å². The summed E-state index contributed by atoms with van der Waals surface area (Å²) in [6.45, 7) is 0. The van der Waals surface area contributed by atoms with Crippen LogP contribution >= 0.6 is 11.3 Å². The maximum Gasteiger partial charge on any atom is 0.162 e. The number of benzene rings is 8. The molecule has 266 valence electrons. The summed E-state index contributed by atoms with van der Waals surface area (Å²) in [6.07, 6.45) is 0. The lowest BCUT2D eigenvalue weighted by Crippen LogP contribution is -2.04. The van der Waals surface area contributed by atoms with E-state index in [0.29, 0.717) is 5.82 Å². The molecule has 0 spiro atoms. The zero-order chi connectivity index (χ0) is 37.5. The maximum atomic E-state index is 5.41. The van der Waals surface area contributed by atoms with Crippen LogP contribution in [0, 0.1) is 0 Å². The second-order valence-electron chi connectivity index (χ2n) is 14.6. The summed E-state index contributed by atoms with van der Waals surface area (Å²) >= 11 is 1.85. The molecule has 4 nitrogen and oxygen atoms in total. The number of para-hydroxylation sites is 2. The van der Waals surface area contributed by atoms with Gasteiger partial charge in [0, 0.05) is 64.6 Å². The van der Waals surface area contributed by atoms with Crippen molar-refractivity contribution in [2.24, 2.45) is 0 Å². The van der Waals surface area contributed by atoms with Crippen LogP contribution in [0.25, 0.3) is 109 Å². The number of fused-ring (bicyclic) bond motifs is 10. The molecule has 0 saturated carbocycles. The fourth-order valence-electron chi connectivity index (χ4n) is 8.74. The second-order valence-corrected chi connectivity index (χ2v) is 15.7. The molecule has 0 bridgehead atoms. The van der Waals surface area contributed by atoms with E-state index in [9.17, 15) is 0 Å². The van der Waals surface area contributed by atoms with Crippen LogP contribution in [0.3, 0.4) is 0 Å². The zero-order valence-electron chi connectivity index (χ0n) is 30.7. The molecule has 8 aromatic carbocycles. The fraction of sp³-hybridized carbons (Fsp3) is 0. The summed E-state index contributed by atoms with van der Waals surface area (Å²) in [5.74, 6) is 1.50. The average molecular weight is 745 g/mol. The van der Waals surface area contributed by atoms with E-state index in [-0.39, 0.29) is 0 Å². The monoisotopic (exact) mass is 744 g/mol. The first-order chi connectivity index (χ1) is 28.3.